The number of carbonyl (C=O) groups excluding carboxylic acids is 2. The predicted octanol–water partition coefficient (Wildman–Crippen LogP) is 3.21. The first-order valence-electron chi connectivity index (χ1n) is 9.43. The normalized spacial score (nSPS) is 14.3. The van der Waals surface area contributed by atoms with Crippen molar-refractivity contribution < 1.29 is 22.7 Å². The van der Waals surface area contributed by atoms with Gasteiger partial charge in [0.1, 0.15) is 0 Å². The zero-order valence-electron chi connectivity index (χ0n) is 16.5. The van der Waals surface area contributed by atoms with E-state index in [1.165, 1.54) is 19.2 Å². The molecule has 2 aromatic carbocycles. The Kier molecular flexibility index (Phi) is 6.22. The molecule has 1 fully saturated rings. The van der Waals surface area contributed by atoms with E-state index in [4.69, 9.17) is 0 Å². The van der Waals surface area contributed by atoms with Crippen LogP contribution in [0.15, 0.2) is 47.4 Å². The van der Waals surface area contributed by atoms with Crippen LogP contribution in [0.3, 0.4) is 0 Å². The van der Waals surface area contributed by atoms with Gasteiger partial charge in [-0.25, -0.2) is 13.2 Å². The molecule has 1 amide bonds. The van der Waals surface area contributed by atoms with Crippen molar-refractivity contribution in [2.45, 2.75) is 31.1 Å². The number of sulfonamides is 1. The quantitative estimate of drug-likeness (QED) is 0.756. The van der Waals surface area contributed by atoms with Crippen molar-refractivity contribution in [1.29, 1.82) is 0 Å². The Balaban J connectivity index is 1.94. The minimum atomic E-state index is -4.02. The fourth-order valence-electron chi connectivity index (χ4n) is 3.36. The highest BCUT2D eigenvalue weighted by Crippen LogP contribution is 2.25. The second-order valence-corrected chi connectivity index (χ2v) is 8.63. The van der Waals surface area contributed by atoms with E-state index in [0.29, 0.717) is 24.2 Å². The summed E-state index contributed by atoms with van der Waals surface area (Å²) >= 11 is 0. The van der Waals surface area contributed by atoms with Gasteiger partial charge in [-0.15, -0.1) is 0 Å². The molecule has 0 spiro atoms. The molecule has 2 aromatic rings. The number of nitrogens with zero attached hydrogens (tertiary/aromatic N) is 1. The van der Waals surface area contributed by atoms with Gasteiger partial charge in [-0.05, 0) is 56.0 Å². The van der Waals surface area contributed by atoms with E-state index in [1.54, 1.807) is 42.2 Å². The van der Waals surface area contributed by atoms with Gasteiger partial charge >= 0.3 is 5.97 Å². The predicted molar refractivity (Wildman–Crippen MR) is 110 cm³/mol. The standard InChI is InChI=1S/C21H24N2O5S/c1-15-10-11-16(21(25)28-2)14-19(15)29(26,27)22-18-9-5-4-8-17(18)20(24)23-12-6-3-7-13-23/h4-5,8-11,14,22H,3,6-7,12-13H2,1-2H3. The summed E-state index contributed by atoms with van der Waals surface area (Å²) in [5.41, 5.74) is 1.13. The highest BCUT2D eigenvalue weighted by Gasteiger charge is 2.24. The van der Waals surface area contributed by atoms with Crippen LogP contribution in [0.2, 0.25) is 0 Å². The molecular weight excluding hydrogens is 392 g/mol. The molecule has 0 bridgehead atoms. The van der Waals surface area contributed by atoms with Crippen LogP contribution in [0.1, 0.15) is 45.5 Å². The molecule has 29 heavy (non-hydrogen) atoms. The van der Waals surface area contributed by atoms with Crippen molar-refractivity contribution in [2.75, 3.05) is 24.9 Å². The van der Waals surface area contributed by atoms with E-state index in [2.05, 4.69) is 9.46 Å². The molecule has 154 valence electrons. The summed E-state index contributed by atoms with van der Waals surface area (Å²) in [7, 11) is -2.79. The minimum Gasteiger partial charge on any atom is -0.465 e. The number of piperidine rings is 1. The van der Waals surface area contributed by atoms with Crippen LogP contribution in [-0.4, -0.2) is 45.4 Å². The number of hydrogen-bond donors (Lipinski definition) is 1. The number of para-hydroxylation sites is 1. The first kappa shape index (κ1) is 20.9. The lowest BCUT2D eigenvalue weighted by Crippen LogP contribution is -2.36. The van der Waals surface area contributed by atoms with Crippen LogP contribution in [0.5, 0.6) is 0 Å². The number of hydrogen-bond acceptors (Lipinski definition) is 5. The average molecular weight is 416 g/mol. The summed E-state index contributed by atoms with van der Waals surface area (Å²) in [5.74, 6) is -0.815. The fourth-order valence-corrected chi connectivity index (χ4v) is 4.71. The number of nitrogens with one attached hydrogen (secondary N) is 1. The smallest absolute Gasteiger partial charge is 0.337 e. The van der Waals surface area contributed by atoms with Crippen molar-refractivity contribution in [3.63, 3.8) is 0 Å². The van der Waals surface area contributed by atoms with Crippen molar-refractivity contribution in [3.8, 4) is 0 Å². The lowest BCUT2D eigenvalue weighted by Gasteiger charge is -2.27. The summed E-state index contributed by atoms with van der Waals surface area (Å²) in [4.78, 5) is 26.4. The Morgan fingerprint density at radius 2 is 1.72 bits per heavy atom. The number of likely N-dealkylation sites (tertiary alicyclic amines) is 1. The topological polar surface area (TPSA) is 92.8 Å². The van der Waals surface area contributed by atoms with Crippen molar-refractivity contribution in [1.82, 2.24) is 4.90 Å². The summed E-state index contributed by atoms with van der Waals surface area (Å²) in [5, 5.41) is 0. The molecule has 7 nitrogen and oxygen atoms in total. The highest BCUT2D eigenvalue weighted by molar-refractivity contribution is 7.92. The van der Waals surface area contributed by atoms with Gasteiger partial charge in [0.05, 0.1) is 28.8 Å². The molecule has 0 unspecified atom stereocenters. The number of esters is 1. The van der Waals surface area contributed by atoms with Crippen molar-refractivity contribution >= 4 is 27.6 Å². The number of carbonyl (C=O) groups is 2. The van der Waals surface area contributed by atoms with E-state index in [9.17, 15) is 18.0 Å². The van der Waals surface area contributed by atoms with Gasteiger partial charge in [0.25, 0.3) is 15.9 Å². The third-order valence-electron chi connectivity index (χ3n) is 4.94. The molecule has 0 atom stereocenters. The van der Waals surface area contributed by atoms with Crippen LogP contribution < -0.4 is 4.72 Å². The molecule has 0 radical (unpaired) electrons. The molecule has 1 aliphatic heterocycles. The van der Waals surface area contributed by atoms with E-state index >= 15 is 0 Å². The highest BCUT2D eigenvalue weighted by atomic mass is 32.2. The van der Waals surface area contributed by atoms with Gasteiger partial charge in [-0.2, -0.15) is 0 Å². The van der Waals surface area contributed by atoms with Crippen LogP contribution in [0.25, 0.3) is 0 Å². The summed E-state index contributed by atoms with van der Waals surface area (Å²) in [6.07, 6.45) is 2.98. The van der Waals surface area contributed by atoms with Gasteiger partial charge in [0.2, 0.25) is 0 Å². The van der Waals surface area contributed by atoms with E-state index in [1.807, 2.05) is 0 Å². The maximum absolute atomic E-state index is 13.0. The van der Waals surface area contributed by atoms with Gasteiger partial charge in [0, 0.05) is 13.1 Å². The zero-order valence-corrected chi connectivity index (χ0v) is 17.3. The Hall–Kier alpha value is -2.87. The minimum absolute atomic E-state index is 0.0411. The largest absolute Gasteiger partial charge is 0.465 e. The van der Waals surface area contributed by atoms with Gasteiger partial charge in [-0.1, -0.05) is 18.2 Å². The van der Waals surface area contributed by atoms with E-state index in [0.717, 1.165) is 19.3 Å². The lowest BCUT2D eigenvalue weighted by atomic mass is 10.1. The molecule has 0 aromatic heterocycles. The van der Waals surface area contributed by atoms with Gasteiger partial charge in [0.15, 0.2) is 0 Å². The maximum atomic E-state index is 13.0. The first-order chi connectivity index (χ1) is 13.8. The third-order valence-corrected chi connectivity index (χ3v) is 6.45. The average Bonchev–Trinajstić information content (AvgIpc) is 2.73. The Morgan fingerprint density at radius 1 is 1.03 bits per heavy atom. The van der Waals surface area contributed by atoms with Gasteiger partial charge < -0.3 is 9.64 Å². The number of benzene rings is 2. The van der Waals surface area contributed by atoms with Crippen molar-refractivity contribution in [2.24, 2.45) is 0 Å². The monoisotopic (exact) mass is 416 g/mol. The molecule has 1 saturated heterocycles. The molecule has 1 aliphatic rings. The molecule has 3 rings (SSSR count). The third kappa shape index (κ3) is 4.59. The second-order valence-electron chi connectivity index (χ2n) is 6.98. The number of amides is 1. The second kappa shape index (κ2) is 8.65. The van der Waals surface area contributed by atoms with E-state index < -0.39 is 16.0 Å². The SMILES string of the molecule is COC(=O)c1ccc(C)c(S(=O)(=O)Nc2ccccc2C(=O)N2CCCCC2)c1. The van der Waals surface area contributed by atoms with Crippen LogP contribution >= 0.6 is 0 Å². The Labute approximate surface area is 170 Å². The molecule has 1 heterocycles. The number of methoxy groups -OCH3 is 1. The molecule has 0 saturated carbocycles. The summed E-state index contributed by atoms with van der Waals surface area (Å²) < 4.78 is 33.3. The molecule has 8 heteroatoms. The fraction of sp³-hybridized carbons (Fsp3) is 0.333. The number of aryl methyl sites for hydroxylation is 1. The Bertz CT molecular complexity index is 1030. The molecule has 0 aliphatic carbocycles. The zero-order chi connectivity index (χ0) is 21.0. The van der Waals surface area contributed by atoms with Crippen LogP contribution in [-0.2, 0) is 14.8 Å². The molecular formula is C21H24N2O5S. The number of rotatable bonds is 5. The summed E-state index contributed by atoms with van der Waals surface area (Å²) in [6.45, 7) is 2.97. The first-order valence-corrected chi connectivity index (χ1v) is 10.9. The Morgan fingerprint density at radius 3 is 2.41 bits per heavy atom. The number of ether oxygens (including phenoxy) is 1. The summed E-state index contributed by atoms with van der Waals surface area (Å²) in [6, 6.07) is 10.9. The van der Waals surface area contributed by atoms with Gasteiger partial charge in [-0.3, -0.25) is 9.52 Å². The lowest BCUT2D eigenvalue weighted by molar-refractivity contribution is 0.0600. The van der Waals surface area contributed by atoms with Crippen LogP contribution in [0.4, 0.5) is 5.69 Å². The van der Waals surface area contributed by atoms with Crippen LogP contribution in [0, 0.1) is 6.92 Å². The molecule has 1 N–H and O–H groups in total. The van der Waals surface area contributed by atoms with Crippen molar-refractivity contribution in [3.05, 3.63) is 59.2 Å². The maximum Gasteiger partial charge on any atom is 0.337 e. The number of anilines is 1. The van der Waals surface area contributed by atoms with E-state index in [-0.39, 0.29) is 22.1 Å².